The molecule has 116 valence electrons. The van der Waals surface area contributed by atoms with E-state index in [2.05, 4.69) is 6.58 Å². The van der Waals surface area contributed by atoms with Crippen LogP contribution in [0.2, 0.25) is 0 Å². The van der Waals surface area contributed by atoms with Gasteiger partial charge >= 0.3 is 0 Å². The van der Waals surface area contributed by atoms with Crippen molar-refractivity contribution in [3.05, 3.63) is 23.9 Å². The number of carbonyl (C=O) groups excluding carboxylic acids is 1. The van der Waals surface area contributed by atoms with Crippen molar-refractivity contribution in [3.63, 3.8) is 0 Å². The van der Waals surface area contributed by atoms with Crippen LogP contribution in [0.15, 0.2) is 23.9 Å². The minimum absolute atomic E-state index is 0.109. The van der Waals surface area contributed by atoms with Crippen molar-refractivity contribution in [1.82, 2.24) is 9.80 Å². The van der Waals surface area contributed by atoms with Crippen molar-refractivity contribution in [2.24, 2.45) is 0 Å². The number of hydrogen-bond acceptors (Lipinski definition) is 4. The van der Waals surface area contributed by atoms with Crippen LogP contribution in [-0.4, -0.2) is 52.4 Å². The van der Waals surface area contributed by atoms with Crippen LogP contribution in [-0.2, 0) is 4.79 Å². The van der Waals surface area contributed by atoms with E-state index in [4.69, 9.17) is 5.41 Å². The Morgan fingerprint density at radius 1 is 1.48 bits per heavy atom. The topological polar surface area (TPSA) is 67.6 Å². The summed E-state index contributed by atoms with van der Waals surface area (Å²) in [6, 6.07) is -0.124. The second-order valence-corrected chi connectivity index (χ2v) is 5.83. The highest BCUT2D eigenvalue weighted by Crippen LogP contribution is 2.29. The van der Waals surface area contributed by atoms with Gasteiger partial charge in [-0.05, 0) is 19.3 Å². The summed E-state index contributed by atoms with van der Waals surface area (Å²) in [5, 5.41) is 18.3. The number of amides is 1. The van der Waals surface area contributed by atoms with Gasteiger partial charge in [0.2, 0.25) is 0 Å². The van der Waals surface area contributed by atoms with Gasteiger partial charge in [0.25, 0.3) is 5.91 Å². The van der Waals surface area contributed by atoms with Gasteiger partial charge in [-0.3, -0.25) is 4.79 Å². The lowest BCUT2D eigenvalue weighted by atomic mass is 9.90. The van der Waals surface area contributed by atoms with Crippen LogP contribution in [0, 0.1) is 5.41 Å². The molecule has 0 radical (unpaired) electrons. The summed E-state index contributed by atoms with van der Waals surface area (Å²) >= 11 is 0. The molecule has 1 heterocycles. The first-order valence-corrected chi connectivity index (χ1v) is 7.65. The zero-order valence-corrected chi connectivity index (χ0v) is 12.9. The number of aliphatic hydroxyl groups excluding tert-OH is 1. The maximum Gasteiger partial charge on any atom is 0.257 e. The molecule has 0 unspecified atom stereocenters. The van der Waals surface area contributed by atoms with Crippen LogP contribution in [0.25, 0.3) is 0 Å². The minimum Gasteiger partial charge on any atom is -0.391 e. The van der Waals surface area contributed by atoms with E-state index in [-0.39, 0.29) is 11.9 Å². The number of nitrogens with one attached hydrogen (secondary N) is 1. The highest BCUT2D eigenvalue weighted by Gasteiger charge is 2.37. The molecular formula is C16H25N3O2. The number of nitrogens with zero attached hydrogens (tertiary/aromatic N) is 2. The molecule has 0 aromatic heterocycles. The summed E-state index contributed by atoms with van der Waals surface area (Å²) in [4.78, 5) is 16.4. The third-order valence-electron chi connectivity index (χ3n) is 4.43. The summed E-state index contributed by atoms with van der Waals surface area (Å²) in [6.07, 6.45) is 5.32. The summed E-state index contributed by atoms with van der Waals surface area (Å²) < 4.78 is 0. The molecule has 1 fully saturated rings. The Morgan fingerprint density at radius 3 is 2.71 bits per heavy atom. The van der Waals surface area contributed by atoms with Crippen molar-refractivity contribution in [2.45, 2.75) is 51.2 Å². The molecule has 1 aliphatic heterocycles. The van der Waals surface area contributed by atoms with Crippen molar-refractivity contribution in [1.29, 1.82) is 5.41 Å². The molecule has 21 heavy (non-hydrogen) atoms. The Labute approximate surface area is 126 Å². The lowest BCUT2D eigenvalue weighted by Gasteiger charge is -2.44. The number of aliphatic hydroxyl groups is 1. The average Bonchev–Trinajstić information content (AvgIpc) is 2.48. The second-order valence-electron chi connectivity index (χ2n) is 5.83. The molecule has 0 bridgehead atoms. The largest absolute Gasteiger partial charge is 0.391 e. The van der Waals surface area contributed by atoms with Crippen LogP contribution in [0.3, 0.4) is 0 Å². The number of rotatable bonds is 4. The second kappa shape index (κ2) is 6.43. The van der Waals surface area contributed by atoms with Gasteiger partial charge in [-0.1, -0.05) is 32.4 Å². The molecule has 1 saturated carbocycles. The summed E-state index contributed by atoms with van der Waals surface area (Å²) in [7, 11) is 1.89. The lowest BCUT2D eigenvalue weighted by Crippen LogP contribution is -2.55. The fraction of sp³-hybridized carbons (Fsp3) is 0.625. The maximum atomic E-state index is 12.7. The van der Waals surface area contributed by atoms with E-state index >= 15 is 0 Å². The van der Waals surface area contributed by atoms with Crippen LogP contribution >= 0.6 is 0 Å². The highest BCUT2D eigenvalue weighted by molar-refractivity contribution is 6.08. The van der Waals surface area contributed by atoms with Crippen LogP contribution in [0.1, 0.15) is 39.0 Å². The maximum absolute atomic E-state index is 12.7. The van der Waals surface area contributed by atoms with Gasteiger partial charge in [0.05, 0.1) is 35.8 Å². The Balaban J connectivity index is 2.34. The molecule has 2 aliphatic rings. The van der Waals surface area contributed by atoms with Crippen LogP contribution < -0.4 is 0 Å². The van der Waals surface area contributed by atoms with Gasteiger partial charge in [0.15, 0.2) is 0 Å². The van der Waals surface area contributed by atoms with E-state index < -0.39 is 6.10 Å². The molecule has 1 aliphatic carbocycles. The third-order valence-corrected chi connectivity index (χ3v) is 4.43. The molecule has 0 aromatic carbocycles. The number of carbonyl (C=O) groups is 1. The highest BCUT2D eigenvalue weighted by atomic mass is 16.3. The summed E-state index contributed by atoms with van der Waals surface area (Å²) in [5.41, 5.74) is 1.59. The first-order valence-electron chi connectivity index (χ1n) is 7.65. The zero-order chi connectivity index (χ0) is 15.6. The monoisotopic (exact) mass is 291 g/mol. The van der Waals surface area contributed by atoms with Gasteiger partial charge in [-0.15, -0.1) is 0 Å². The predicted molar refractivity (Wildman–Crippen MR) is 83.0 cm³/mol. The molecule has 2 rings (SSSR count). The average molecular weight is 291 g/mol. The number of hydrogen-bond donors (Lipinski definition) is 2. The molecule has 5 nitrogen and oxygen atoms in total. The van der Waals surface area contributed by atoms with Crippen molar-refractivity contribution in [3.8, 4) is 0 Å². The van der Waals surface area contributed by atoms with Gasteiger partial charge in [-0.2, -0.15) is 0 Å². The lowest BCUT2D eigenvalue weighted by molar-refractivity contribution is -0.136. The first-order chi connectivity index (χ1) is 10.0. The molecule has 2 N–H and O–H groups in total. The van der Waals surface area contributed by atoms with Gasteiger partial charge < -0.3 is 20.3 Å². The number of allylic oxidation sites excluding steroid dienone is 1. The normalized spacial score (nSPS) is 27.1. The SMILES string of the molecule is C=CC1=C(C(=N)CC)N(C)CN([C@H]2CCCC[C@@H]2O)C1=O. The quantitative estimate of drug-likeness (QED) is 0.777. The van der Waals surface area contributed by atoms with Gasteiger partial charge in [-0.25, -0.2) is 0 Å². The van der Waals surface area contributed by atoms with E-state index in [9.17, 15) is 9.90 Å². The third kappa shape index (κ3) is 2.88. The summed E-state index contributed by atoms with van der Waals surface area (Å²) in [6.45, 7) is 6.08. The standard InChI is InChI=1S/C16H25N3O2/c1-4-11-15(12(17)5-2)18(3)10-19(16(11)21)13-8-6-7-9-14(13)20/h4,13-14,17,20H,1,5-10H2,2-3H3/t13-,14-/m0/s1. The molecule has 0 aromatic rings. The molecule has 0 spiro atoms. The van der Waals surface area contributed by atoms with Gasteiger partial charge in [0.1, 0.15) is 0 Å². The minimum atomic E-state index is -0.450. The predicted octanol–water partition coefficient (Wildman–Crippen LogP) is 1.89. The molecule has 5 heteroatoms. The first kappa shape index (κ1) is 15.8. The summed E-state index contributed by atoms with van der Waals surface area (Å²) in [5.74, 6) is -0.109. The van der Waals surface area contributed by atoms with Crippen molar-refractivity contribution in [2.75, 3.05) is 13.7 Å². The fourth-order valence-corrected chi connectivity index (χ4v) is 3.28. The fourth-order valence-electron chi connectivity index (χ4n) is 3.28. The van der Waals surface area contributed by atoms with E-state index in [0.717, 1.165) is 25.7 Å². The van der Waals surface area contributed by atoms with Crippen molar-refractivity contribution >= 4 is 11.6 Å². The van der Waals surface area contributed by atoms with Crippen LogP contribution in [0.5, 0.6) is 0 Å². The van der Waals surface area contributed by atoms with Crippen molar-refractivity contribution < 1.29 is 9.90 Å². The Bertz CT molecular complexity index is 484. The Kier molecular flexibility index (Phi) is 4.83. The van der Waals surface area contributed by atoms with E-state index in [1.165, 1.54) is 0 Å². The Morgan fingerprint density at radius 2 is 2.14 bits per heavy atom. The molecular weight excluding hydrogens is 266 g/mol. The smallest absolute Gasteiger partial charge is 0.257 e. The van der Waals surface area contributed by atoms with Gasteiger partial charge in [0, 0.05) is 7.05 Å². The zero-order valence-electron chi connectivity index (χ0n) is 12.9. The molecule has 0 saturated heterocycles. The Hall–Kier alpha value is -1.62. The van der Waals surface area contributed by atoms with E-state index in [1.54, 1.807) is 11.0 Å². The van der Waals surface area contributed by atoms with Crippen LogP contribution in [0.4, 0.5) is 0 Å². The van der Waals surface area contributed by atoms with E-state index in [1.807, 2.05) is 18.9 Å². The van der Waals surface area contributed by atoms with E-state index in [0.29, 0.717) is 30.1 Å². The molecule has 2 atom stereocenters. The molecule has 1 amide bonds.